The number of hydrogen-bond donors (Lipinski definition) is 2. The van der Waals surface area contributed by atoms with Gasteiger partial charge in [-0.1, -0.05) is 12.2 Å². The Kier molecular flexibility index (Phi) is 3.33. The number of aryl methyl sites for hydroxylation is 1. The Morgan fingerprint density at radius 1 is 1.45 bits per heavy atom. The molecule has 20 heavy (non-hydrogen) atoms. The molecule has 0 saturated heterocycles. The number of carboxylic acids is 1. The van der Waals surface area contributed by atoms with E-state index in [0.29, 0.717) is 29.1 Å². The average molecular weight is 292 g/mol. The van der Waals surface area contributed by atoms with Gasteiger partial charge in [0.2, 0.25) is 5.91 Å². The third-order valence-corrected chi connectivity index (χ3v) is 5.21. The second-order valence-electron chi connectivity index (χ2n) is 5.43. The molecule has 2 bridgehead atoms. The van der Waals surface area contributed by atoms with Crippen LogP contribution in [0.3, 0.4) is 0 Å². The summed E-state index contributed by atoms with van der Waals surface area (Å²) in [5, 5.41) is 12.5. The normalized spacial score (nSPS) is 26.9. The van der Waals surface area contributed by atoms with Gasteiger partial charge in [0.15, 0.2) is 0 Å². The minimum Gasteiger partial charge on any atom is -0.477 e. The zero-order valence-electron chi connectivity index (χ0n) is 11.1. The predicted molar refractivity (Wildman–Crippen MR) is 74.5 cm³/mol. The van der Waals surface area contributed by atoms with Crippen LogP contribution in [0.5, 0.6) is 0 Å². The van der Waals surface area contributed by atoms with E-state index in [2.05, 4.69) is 22.5 Å². The molecule has 2 aliphatic rings. The topological polar surface area (TPSA) is 79.3 Å². The van der Waals surface area contributed by atoms with E-state index in [1.807, 2.05) is 0 Å². The number of fused-ring (bicyclic) bond motifs is 2. The summed E-state index contributed by atoms with van der Waals surface area (Å²) in [7, 11) is 0. The lowest BCUT2D eigenvalue weighted by Gasteiger charge is -2.16. The number of hydrogen-bond acceptors (Lipinski definition) is 4. The lowest BCUT2D eigenvalue weighted by molar-refractivity contribution is -0.125. The second kappa shape index (κ2) is 5.01. The molecule has 1 saturated carbocycles. The lowest BCUT2D eigenvalue weighted by atomic mass is 9.93. The third-order valence-electron chi connectivity index (χ3n) is 4.06. The van der Waals surface area contributed by atoms with Crippen molar-refractivity contribution in [3.63, 3.8) is 0 Å². The highest BCUT2D eigenvalue weighted by atomic mass is 32.1. The monoisotopic (exact) mass is 292 g/mol. The van der Waals surface area contributed by atoms with E-state index < -0.39 is 5.97 Å². The highest BCUT2D eigenvalue weighted by molar-refractivity contribution is 7.13. The fourth-order valence-corrected chi connectivity index (χ4v) is 3.95. The number of rotatable bonds is 4. The standard InChI is InChI=1S/C14H16N2O3S/c1-7-12(14(18)19)20-11(16-7)6-15-13(17)10-5-8-2-3-9(10)4-8/h2-3,8-10H,4-6H2,1H3,(H,15,17)(H,18,19). The average Bonchev–Trinajstić information content (AvgIpc) is 3.10. The molecule has 6 heteroatoms. The number of carbonyl (C=O) groups excluding carboxylic acids is 1. The molecule has 3 atom stereocenters. The van der Waals surface area contributed by atoms with Gasteiger partial charge < -0.3 is 10.4 Å². The van der Waals surface area contributed by atoms with Gasteiger partial charge in [-0.3, -0.25) is 4.79 Å². The van der Waals surface area contributed by atoms with Gasteiger partial charge in [-0.25, -0.2) is 9.78 Å². The number of nitrogens with zero attached hydrogens (tertiary/aromatic N) is 1. The summed E-state index contributed by atoms with van der Waals surface area (Å²) >= 11 is 1.13. The fraction of sp³-hybridized carbons (Fsp3) is 0.500. The predicted octanol–water partition coefficient (Wildman–Crippen LogP) is 1.98. The zero-order chi connectivity index (χ0) is 14.3. The van der Waals surface area contributed by atoms with Gasteiger partial charge in [-0.15, -0.1) is 11.3 Å². The molecule has 3 rings (SSSR count). The summed E-state index contributed by atoms with van der Waals surface area (Å²) in [6, 6.07) is 0. The van der Waals surface area contributed by atoms with Crippen LogP contribution in [-0.4, -0.2) is 22.0 Å². The maximum Gasteiger partial charge on any atom is 0.347 e. The first-order valence-corrected chi connectivity index (χ1v) is 7.52. The summed E-state index contributed by atoms with van der Waals surface area (Å²) in [6.07, 6.45) is 6.38. The largest absolute Gasteiger partial charge is 0.477 e. The maximum absolute atomic E-state index is 12.1. The van der Waals surface area contributed by atoms with Crippen molar-refractivity contribution in [3.8, 4) is 0 Å². The summed E-state index contributed by atoms with van der Waals surface area (Å²) in [6.45, 7) is 1.99. The maximum atomic E-state index is 12.1. The smallest absolute Gasteiger partial charge is 0.347 e. The number of nitrogens with one attached hydrogen (secondary N) is 1. The van der Waals surface area contributed by atoms with E-state index in [4.69, 9.17) is 5.11 Å². The van der Waals surface area contributed by atoms with Gasteiger partial charge >= 0.3 is 5.97 Å². The highest BCUT2D eigenvalue weighted by Gasteiger charge is 2.39. The number of aromatic carboxylic acids is 1. The van der Waals surface area contributed by atoms with Gasteiger partial charge in [-0.2, -0.15) is 0 Å². The minimum absolute atomic E-state index is 0.0616. The van der Waals surface area contributed by atoms with Crippen LogP contribution in [0.2, 0.25) is 0 Å². The van der Waals surface area contributed by atoms with Crippen LogP contribution >= 0.6 is 11.3 Å². The van der Waals surface area contributed by atoms with Crippen LogP contribution in [-0.2, 0) is 11.3 Å². The van der Waals surface area contributed by atoms with Crippen molar-refractivity contribution in [1.82, 2.24) is 10.3 Å². The Bertz CT molecular complexity index is 593. The van der Waals surface area contributed by atoms with Gasteiger partial charge in [0.1, 0.15) is 9.88 Å². The molecule has 0 aliphatic heterocycles. The molecule has 2 N–H and O–H groups in total. The first kappa shape index (κ1) is 13.3. The van der Waals surface area contributed by atoms with E-state index in [0.717, 1.165) is 24.2 Å². The van der Waals surface area contributed by atoms with E-state index in [1.54, 1.807) is 6.92 Å². The zero-order valence-corrected chi connectivity index (χ0v) is 11.9. The second-order valence-corrected chi connectivity index (χ2v) is 6.52. The van der Waals surface area contributed by atoms with Gasteiger partial charge in [0.25, 0.3) is 0 Å². The molecule has 0 spiro atoms. The molecule has 3 unspecified atom stereocenters. The molecule has 1 aromatic heterocycles. The van der Waals surface area contributed by atoms with Crippen molar-refractivity contribution in [2.75, 3.05) is 0 Å². The van der Waals surface area contributed by atoms with E-state index in [9.17, 15) is 9.59 Å². The Labute approximate surface area is 120 Å². The highest BCUT2D eigenvalue weighted by Crippen LogP contribution is 2.43. The summed E-state index contributed by atoms with van der Waals surface area (Å²) in [5.41, 5.74) is 0.509. The van der Waals surface area contributed by atoms with Gasteiger partial charge in [0.05, 0.1) is 12.2 Å². The van der Waals surface area contributed by atoms with Crippen molar-refractivity contribution in [2.24, 2.45) is 17.8 Å². The number of thiazole rings is 1. The van der Waals surface area contributed by atoms with Crippen molar-refractivity contribution >= 4 is 23.2 Å². The number of amides is 1. The lowest BCUT2D eigenvalue weighted by Crippen LogP contribution is -2.32. The molecule has 1 fully saturated rings. The molecule has 1 aromatic rings. The third kappa shape index (κ3) is 2.35. The molecular formula is C14H16N2O3S. The molecule has 106 valence electrons. The first-order valence-electron chi connectivity index (χ1n) is 6.70. The molecule has 1 heterocycles. The molecular weight excluding hydrogens is 276 g/mol. The number of aromatic nitrogens is 1. The minimum atomic E-state index is -0.962. The van der Waals surface area contributed by atoms with E-state index in [-0.39, 0.29) is 16.7 Å². The Morgan fingerprint density at radius 3 is 2.80 bits per heavy atom. The fourth-order valence-electron chi connectivity index (χ4n) is 3.10. The Morgan fingerprint density at radius 2 is 2.25 bits per heavy atom. The summed E-state index contributed by atoms with van der Waals surface area (Å²) in [4.78, 5) is 27.5. The first-order chi connectivity index (χ1) is 9.54. The van der Waals surface area contributed by atoms with Crippen LogP contribution < -0.4 is 5.32 Å². The van der Waals surface area contributed by atoms with Crippen LogP contribution in [0, 0.1) is 24.7 Å². The molecule has 2 aliphatic carbocycles. The SMILES string of the molecule is Cc1nc(CNC(=O)C2CC3C=CC2C3)sc1C(=O)O. The van der Waals surface area contributed by atoms with Gasteiger partial charge in [-0.05, 0) is 31.6 Å². The van der Waals surface area contributed by atoms with Crippen molar-refractivity contribution in [3.05, 3.63) is 27.7 Å². The van der Waals surface area contributed by atoms with Crippen molar-refractivity contribution in [2.45, 2.75) is 26.3 Å². The number of allylic oxidation sites excluding steroid dienone is 2. The summed E-state index contributed by atoms with van der Waals surface area (Å²) in [5.74, 6) is 0.122. The number of carboxylic acid groups (broad SMARTS) is 1. The van der Waals surface area contributed by atoms with Crippen molar-refractivity contribution in [1.29, 1.82) is 0 Å². The van der Waals surface area contributed by atoms with Crippen LogP contribution in [0.15, 0.2) is 12.2 Å². The summed E-state index contributed by atoms with van der Waals surface area (Å²) < 4.78 is 0. The quantitative estimate of drug-likeness (QED) is 0.832. The van der Waals surface area contributed by atoms with E-state index >= 15 is 0 Å². The van der Waals surface area contributed by atoms with Crippen LogP contribution in [0.1, 0.15) is 33.2 Å². The Balaban J connectivity index is 1.59. The molecule has 0 aromatic carbocycles. The molecule has 0 radical (unpaired) electrons. The van der Waals surface area contributed by atoms with Crippen LogP contribution in [0.4, 0.5) is 0 Å². The number of carbonyl (C=O) groups is 2. The van der Waals surface area contributed by atoms with Crippen molar-refractivity contribution < 1.29 is 14.7 Å². The Hall–Kier alpha value is -1.69. The molecule has 1 amide bonds. The van der Waals surface area contributed by atoms with Crippen LogP contribution in [0.25, 0.3) is 0 Å². The van der Waals surface area contributed by atoms with Gasteiger partial charge in [0, 0.05) is 5.92 Å². The molecule has 5 nitrogen and oxygen atoms in total. The van der Waals surface area contributed by atoms with E-state index in [1.165, 1.54) is 0 Å².